The fourth-order valence-corrected chi connectivity index (χ4v) is 17.8. The summed E-state index contributed by atoms with van der Waals surface area (Å²) in [5.41, 5.74) is 27.2. The second-order valence-electron chi connectivity index (χ2n) is 31.0. The van der Waals surface area contributed by atoms with Gasteiger partial charge in [-0.15, -0.1) is 0 Å². The zero-order valence-corrected chi connectivity index (χ0v) is 62.5. The van der Waals surface area contributed by atoms with E-state index in [0.717, 1.165) is 70.4 Å². The van der Waals surface area contributed by atoms with Crippen LogP contribution in [-0.4, -0.2) is 0 Å². The Bertz CT molecular complexity index is 4980. The zero-order chi connectivity index (χ0) is 70.7. The monoisotopic (exact) mass is 1370 g/mol. The molecule has 0 N–H and O–H groups in total. The summed E-state index contributed by atoms with van der Waals surface area (Å²) in [6.07, 6.45) is 49.7. The van der Waals surface area contributed by atoms with Crippen molar-refractivity contribution in [3.63, 3.8) is 0 Å². The molecule has 0 saturated heterocycles. The highest BCUT2D eigenvalue weighted by Crippen LogP contribution is 2.42. The van der Waals surface area contributed by atoms with E-state index in [-0.39, 0.29) is 0 Å². The number of rotatable bonds is 18. The topological polar surface area (TPSA) is 9.72 Å². The van der Waals surface area contributed by atoms with Crippen molar-refractivity contribution in [1.29, 1.82) is 0 Å². The Hall–Kier alpha value is -9.96. The molecular formula is C102H105N3. The van der Waals surface area contributed by atoms with E-state index in [4.69, 9.17) is 0 Å². The van der Waals surface area contributed by atoms with E-state index in [0.29, 0.717) is 0 Å². The van der Waals surface area contributed by atoms with Gasteiger partial charge in [0.25, 0.3) is 0 Å². The van der Waals surface area contributed by atoms with Crippen LogP contribution >= 0.6 is 0 Å². The average Bonchev–Trinajstić information content (AvgIpc) is 0.731. The number of anilines is 9. The van der Waals surface area contributed by atoms with E-state index in [2.05, 4.69) is 289 Å². The molecule has 3 nitrogen and oxygen atoms in total. The van der Waals surface area contributed by atoms with E-state index in [9.17, 15) is 0 Å². The molecule has 0 unspecified atom stereocenters. The lowest BCUT2D eigenvalue weighted by Gasteiger charge is -2.27. The second-order valence-corrected chi connectivity index (χ2v) is 31.0. The first-order valence-corrected chi connectivity index (χ1v) is 40.6. The highest BCUT2D eigenvalue weighted by atomic mass is 15.2. The van der Waals surface area contributed by atoms with E-state index < -0.39 is 0 Å². The van der Waals surface area contributed by atoms with Crippen molar-refractivity contribution in [1.82, 2.24) is 0 Å². The molecule has 10 aromatic rings. The Kier molecular flexibility index (Phi) is 21.8. The number of benzene rings is 10. The van der Waals surface area contributed by atoms with Gasteiger partial charge >= 0.3 is 0 Å². The van der Waals surface area contributed by atoms with Crippen LogP contribution in [0.5, 0.6) is 0 Å². The predicted octanol–water partition coefficient (Wildman–Crippen LogP) is 29.9. The Morgan fingerprint density at radius 1 is 0.238 bits per heavy atom. The summed E-state index contributed by atoms with van der Waals surface area (Å²) < 4.78 is 0. The molecule has 6 aliphatic rings. The molecule has 3 heteroatoms. The summed E-state index contributed by atoms with van der Waals surface area (Å²) in [6.45, 7) is 4.58. The van der Waals surface area contributed by atoms with Gasteiger partial charge in [0.05, 0.1) is 0 Å². The van der Waals surface area contributed by atoms with Gasteiger partial charge in [-0.2, -0.15) is 0 Å². The van der Waals surface area contributed by atoms with Crippen molar-refractivity contribution in [2.75, 3.05) is 14.7 Å². The highest BCUT2D eigenvalue weighted by Gasteiger charge is 2.21. The molecule has 528 valence electrons. The molecule has 0 amide bonds. The molecule has 0 aromatic heterocycles. The van der Waals surface area contributed by atoms with Crippen LogP contribution in [0.15, 0.2) is 258 Å². The predicted molar refractivity (Wildman–Crippen MR) is 449 cm³/mol. The highest BCUT2D eigenvalue weighted by molar-refractivity contribution is 5.82. The summed E-state index contributed by atoms with van der Waals surface area (Å²) >= 11 is 0. The zero-order valence-electron chi connectivity index (χ0n) is 62.5. The summed E-state index contributed by atoms with van der Waals surface area (Å²) in [6, 6.07) is 87.7. The van der Waals surface area contributed by atoms with Crippen LogP contribution in [-0.2, 0) is 0 Å². The fraction of sp³-hybridized carbons (Fsp3) is 0.294. The van der Waals surface area contributed by atoms with Gasteiger partial charge < -0.3 is 14.7 Å². The third-order valence-corrected chi connectivity index (χ3v) is 23.5. The Morgan fingerprint density at radius 2 is 0.457 bits per heavy atom. The van der Waals surface area contributed by atoms with Gasteiger partial charge in [0, 0.05) is 51.2 Å². The van der Waals surface area contributed by atoms with Crippen LogP contribution < -0.4 is 14.7 Å². The lowest BCUT2D eigenvalue weighted by Crippen LogP contribution is -2.11. The number of fused-ring (bicyclic) bond motifs is 4. The largest absolute Gasteiger partial charge is 0.310 e. The molecule has 0 aliphatic heterocycles. The molecule has 6 aliphatic carbocycles. The van der Waals surface area contributed by atoms with Gasteiger partial charge in [-0.1, -0.05) is 238 Å². The first-order chi connectivity index (χ1) is 51.9. The third kappa shape index (κ3) is 16.3. The minimum absolute atomic E-state index is 1.06. The van der Waals surface area contributed by atoms with E-state index >= 15 is 0 Å². The van der Waals surface area contributed by atoms with Gasteiger partial charge in [-0.3, -0.25) is 0 Å². The molecule has 16 rings (SSSR count). The molecule has 105 heavy (non-hydrogen) atoms. The number of hydrogen-bond donors (Lipinski definition) is 0. The van der Waals surface area contributed by atoms with Crippen LogP contribution in [0.25, 0.3) is 36.5 Å². The number of allylic oxidation sites excluding steroid dienone is 6. The van der Waals surface area contributed by atoms with Gasteiger partial charge in [-0.05, 0) is 326 Å². The van der Waals surface area contributed by atoms with Crippen molar-refractivity contribution < 1.29 is 0 Å². The maximum Gasteiger partial charge on any atom is 0.0468 e. The molecule has 0 bridgehead atoms. The van der Waals surface area contributed by atoms with E-state index in [1.165, 1.54) is 241 Å². The molecule has 0 atom stereocenters. The van der Waals surface area contributed by atoms with Crippen LogP contribution in [0, 0.1) is 41.7 Å². The summed E-state index contributed by atoms with van der Waals surface area (Å²) in [5, 5.41) is 9.63. The lowest BCUT2D eigenvalue weighted by atomic mass is 9.93. The van der Waals surface area contributed by atoms with Crippen LogP contribution in [0.4, 0.5) is 51.2 Å². The quantitative estimate of drug-likeness (QED) is 0.0848. The first kappa shape index (κ1) is 69.4. The normalized spacial score (nSPS) is 16.0. The van der Waals surface area contributed by atoms with Crippen molar-refractivity contribution in [2.45, 2.75) is 194 Å². The summed E-state index contributed by atoms with van der Waals surface area (Å²) in [4.78, 5) is 7.51. The lowest BCUT2D eigenvalue weighted by molar-refractivity contribution is 0.602. The second kappa shape index (κ2) is 33.0. The number of hydrogen-bond acceptors (Lipinski definition) is 3. The first-order valence-electron chi connectivity index (χ1n) is 40.6. The Balaban J connectivity index is 0.936. The van der Waals surface area contributed by atoms with Gasteiger partial charge in [-0.25, -0.2) is 0 Å². The van der Waals surface area contributed by atoms with Crippen molar-refractivity contribution >= 4 is 87.6 Å². The summed E-state index contributed by atoms with van der Waals surface area (Å²) in [7, 11) is 0. The van der Waals surface area contributed by atoms with Crippen molar-refractivity contribution in [2.24, 2.45) is 0 Å². The third-order valence-electron chi connectivity index (χ3n) is 23.5. The minimum Gasteiger partial charge on any atom is -0.310 e. The molecule has 5 fully saturated rings. The Morgan fingerprint density at radius 3 is 0.705 bits per heavy atom. The molecule has 10 aromatic carbocycles. The molecule has 0 radical (unpaired) electrons. The molecule has 0 heterocycles. The van der Waals surface area contributed by atoms with Crippen LogP contribution in [0.2, 0.25) is 0 Å². The SMILES string of the molecule is CCCC(=Cc1ccc(N(c2ccc(C=C3CCCCC3)cc2)c2ccc3c(c2)=c2ccc(N(c4ccc(C=C5CCCCC5)cc4)c4ccc(C=C5CCCCC5)cc4)cc2=c2ccc(N(c4ccc(C=C5CCCCC5)cc4)c4ccc(C=C5CCCCC5)cc4)cc2=c2ccccc2=3)cc1)CC. The van der Waals surface area contributed by atoms with E-state index in [1.807, 2.05) is 0 Å². The number of nitrogens with zero attached hydrogens (tertiary/aromatic N) is 3. The van der Waals surface area contributed by atoms with Gasteiger partial charge in [0.1, 0.15) is 0 Å². The molecule has 5 saturated carbocycles. The standard InChI is InChI=1S/C102H105N3/c1-3-22-74(4-2)65-80-35-47-86(48-36-80)103(87-49-37-81(38-50-87)66-75-23-10-5-11-24-75)92-59-62-97-95-33-20-21-34-96(95)100-71-93(104(88-51-39-82(40-52-88)67-76-25-12-6-13-26-76)89-53-41-83(42-54-89)68-77-27-14-7-15-28-77)60-63-98(100)102-73-94(61-64-99(102)101(97)72-92)105(90-55-43-84(44-56-90)69-78-29-16-8-17-30-78)91-57-45-85(46-58-91)70-79-31-18-9-19-32-79/h20-21,33-73H,3-19,22-32H2,1-2H3. The minimum atomic E-state index is 1.06. The van der Waals surface area contributed by atoms with Gasteiger partial charge in [0.2, 0.25) is 0 Å². The smallest absolute Gasteiger partial charge is 0.0468 e. The van der Waals surface area contributed by atoms with Crippen molar-refractivity contribution in [3.8, 4) is 0 Å². The van der Waals surface area contributed by atoms with Crippen LogP contribution in [0.3, 0.4) is 0 Å². The van der Waals surface area contributed by atoms with E-state index in [1.54, 1.807) is 27.9 Å². The Labute approximate surface area is 625 Å². The fourth-order valence-electron chi connectivity index (χ4n) is 17.8. The maximum absolute atomic E-state index is 2.53. The molecule has 0 spiro atoms. The van der Waals surface area contributed by atoms with Crippen LogP contribution in [0.1, 0.15) is 227 Å². The van der Waals surface area contributed by atoms with Gasteiger partial charge in [0.15, 0.2) is 0 Å². The average molecular weight is 1370 g/mol. The summed E-state index contributed by atoms with van der Waals surface area (Å²) in [5.74, 6) is 0. The van der Waals surface area contributed by atoms with Crippen molar-refractivity contribution in [3.05, 3.63) is 333 Å². The molecular weight excluding hydrogens is 1270 g/mol. The maximum atomic E-state index is 2.53.